The molecule has 1 fully saturated rings. The summed E-state index contributed by atoms with van der Waals surface area (Å²) < 4.78 is 14.4. The third-order valence-corrected chi connectivity index (χ3v) is 6.02. The highest BCUT2D eigenvalue weighted by Gasteiger charge is 2.39. The van der Waals surface area contributed by atoms with Gasteiger partial charge in [-0.25, -0.2) is 24.3 Å². The first-order chi connectivity index (χ1) is 15.3. The molecule has 3 heterocycles. The van der Waals surface area contributed by atoms with Crippen molar-refractivity contribution < 1.29 is 9.18 Å². The quantitative estimate of drug-likeness (QED) is 0.613. The molecule has 1 aliphatic heterocycles. The van der Waals surface area contributed by atoms with E-state index in [1.165, 1.54) is 12.4 Å². The first kappa shape index (κ1) is 21.8. The number of anilines is 1. The zero-order valence-electron chi connectivity index (χ0n) is 18.8. The Bertz CT molecular complexity index is 1120. The van der Waals surface area contributed by atoms with Gasteiger partial charge in [0.1, 0.15) is 12.1 Å². The molecule has 1 atom stereocenters. The molecule has 166 valence electrons. The molecular formula is C24H27FN6O. The average Bonchev–Trinajstić information content (AvgIpc) is 3.29. The van der Waals surface area contributed by atoms with Crippen molar-refractivity contribution in [1.82, 2.24) is 24.8 Å². The van der Waals surface area contributed by atoms with Gasteiger partial charge in [0, 0.05) is 68.4 Å². The number of carbonyl (C=O) groups excluding carboxylic acids is 1. The van der Waals surface area contributed by atoms with Gasteiger partial charge in [0.05, 0.1) is 11.1 Å². The van der Waals surface area contributed by atoms with E-state index in [1.807, 2.05) is 23.9 Å². The van der Waals surface area contributed by atoms with Crippen LogP contribution in [0.15, 0.2) is 49.2 Å². The minimum atomic E-state index is -0.962. The Hall–Kier alpha value is -3.42. The second kappa shape index (κ2) is 8.61. The van der Waals surface area contributed by atoms with E-state index in [0.29, 0.717) is 24.6 Å². The molecule has 0 radical (unpaired) electrons. The largest absolute Gasteiger partial charge is 0.347 e. The minimum Gasteiger partial charge on any atom is -0.347 e. The van der Waals surface area contributed by atoms with Crippen molar-refractivity contribution in [1.29, 1.82) is 0 Å². The first-order valence-corrected chi connectivity index (χ1v) is 10.6. The van der Waals surface area contributed by atoms with Gasteiger partial charge in [-0.1, -0.05) is 18.2 Å². The standard InChI is InChI=1S/C24H27FN6O/c1-24(2,19-7-5-6-8-20(19)25)22(32)31-10-9-16(14-31)21-18(17-11-26-15-27-12-17)13-28-23(29-21)30(3)4/h5-8,11-13,15-16H,9-10,14H2,1-4H3. The molecule has 4 rings (SSSR count). The van der Waals surface area contributed by atoms with Crippen LogP contribution in [-0.4, -0.2) is 57.9 Å². The molecule has 1 unspecified atom stereocenters. The molecule has 1 aliphatic rings. The summed E-state index contributed by atoms with van der Waals surface area (Å²) in [5.41, 5.74) is 2.02. The monoisotopic (exact) mass is 434 g/mol. The van der Waals surface area contributed by atoms with Gasteiger partial charge >= 0.3 is 0 Å². The van der Waals surface area contributed by atoms with Gasteiger partial charge < -0.3 is 9.80 Å². The number of nitrogens with zero attached hydrogens (tertiary/aromatic N) is 6. The summed E-state index contributed by atoms with van der Waals surface area (Å²) >= 11 is 0. The van der Waals surface area contributed by atoms with Gasteiger partial charge in [0.2, 0.25) is 11.9 Å². The third kappa shape index (κ3) is 4.04. The molecule has 0 aliphatic carbocycles. The molecule has 0 saturated carbocycles. The lowest BCUT2D eigenvalue weighted by molar-refractivity contribution is -0.135. The number of rotatable bonds is 5. The lowest BCUT2D eigenvalue weighted by Gasteiger charge is -2.30. The molecule has 0 N–H and O–H groups in total. The van der Waals surface area contributed by atoms with Crippen LogP contribution in [0.25, 0.3) is 11.1 Å². The average molecular weight is 435 g/mol. The van der Waals surface area contributed by atoms with Crippen LogP contribution < -0.4 is 4.90 Å². The van der Waals surface area contributed by atoms with Crippen LogP contribution in [0, 0.1) is 5.82 Å². The van der Waals surface area contributed by atoms with Crippen LogP contribution in [0.1, 0.15) is 37.4 Å². The van der Waals surface area contributed by atoms with E-state index in [1.54, 1.807) is 50.6 Å². The first-order valence-electron chi connectivity index (χ1n) is 10.6. The number of carbonyl (C=O) groups is 1. The fraction of sp³-hybridized carbons (Fsp3) is 0.375. The number of halogens is 1. The van der Waals surface area contributed by atoms with Crippen LogP contribution >= 0.6 is 0 Å². The number of likely N-dealkylation sites (tertiary alicyclic amines) is 1. The van der Waals surface area contributed by atoms with Crippen LogP contribution in [0.3, 0.4) is 0 Å². The van der Waals surface area contributed by atoms with Gasteiger partial charge in [0.15, 0.2) is 0 Å². The normalized spacial score (nSPS) is 16.3. The highest BCUT2D eigenvalue weighted by molar-refractivity contribution is 5.87. The predicted molar refractivity (Wildman–Crippen MR) is 121 cm³/mol. The summed E-state index contributed by atoms with van der Waals surface area (Å²) in [6.07, 6.45) is 7.53. The fourth-order valence-electron chi connectivity index (χ4n) is 4.22. The maximum atomic E-state index is 14.4. The van der Waals surface area contributed by atoms with Crippen molar-refractivity contribution in [2.45, 2.75) is 31.6 Å². The van der Waals surface area contributed by atoms with Gasteiger partial charge in [-0.2, -0.15) is 0 Å². The Morgan fingerprint density at radius 2 is 1.88 bits per heavy atom. The van der Waals surface area contributed by atoms with Crippen LogP contribution in [0.4, 0.5) is 10.3 Å². The highest BCUT2D eigenvalue weighted by Crippen LogP contribution is 2.36. The second-order valence-electron chi connectivity index (χ2n) is 8.83. The second-order valence-corrected chi connectivity index (χ2v) is 8.83. The Labute approximate surface area is 187 Å². The van der Waals surface area contributed by atoms with Crippen LogP contribution in [0.5, 0.6) is 0 Å². The van der Waals surface area contributed by atoms with E-state index in [2.05, 4.69) is 15.0 Å². The van der Waals surface area contributed by atoms with Crippen LogP contribution in [0.2, 0.25) is 0 Å². The fourth-order valence-corrected chi connectivity index (χ4v) is 4.22. The van der Waals surface area contributed by atoms with E-state index < -0.39 is 5.41 Å². The Morgan fingerprint density at radius 3 is 2.56 bits per heavy atom. The third-order valence-electron chi connectivity index (χ3n) is 6.02. The zero-order chi connectivity index (χ0) is 22.9. The van der Waals surface area contributed by atoms with Crippen LogP contribution in [-0.2, 0) is 10.2 Å². The Kier molecular flexibility index (Phi) is 5.86. The molecule has 2 aromatic heterocycles. The summed E-state index contributed by atoms with van der Waals surface area (Å²) in [6, 6.07) is 6.48. The van der Waals surface area contributed by atoms with Gasteiger partial charge in [0.25, 0.3) is 0 Å². The van der Waals surface area contributed by atoms with E-state index in [9.17, 15) is 9.18 Å². The molecular weight excluding hydrogens is 407 g/mol. The maximum Gasteiger partial charge on any atom is 0.232 e. The minimum absolute atomic E-state index is 0.0345. The van der Waals surface area contributed by atoms with Crippen molar-refractivity contribution in [3.8, 4) is 11.1 Å². The smallest absolute Gasteiger partial charge is 0.232 e. The molecule has 1 saturated heterocycles. The Morgan fingerprint density at radius 1 is 1.16 bits per heavy atom. The lowest BCUT2D eigenvalue weighted by Crippen LogP contribution is -2.42. The number of amides is 1. The number of aromatic nitrogens is 4. The predicted octanol–water partition coefficient (Wildman–Crippen LogP) is 3.43. The Balaban J connectivity index is 1.64. The molecule has 0 bridgehead atoms. The van der Waals surface area contributed by atoms with E-state index in [-0.39, 0.29) is 17.6 Å². The summed E-state index contributed by atoms with van der Waals surface area (Å²) in [5.74, 6) is 0.195. The number of hydrogen-bond donors (Lipinski definition) is 0. The van der Waals surface area contributed by atoms with Crippen molar-refractivity contribution in [3.05, 3.63) is 66.3 Å². The van der Waals surface area contributed by atoms with Crippen molar-refractivity contribution in [3.63, 3.8) is 0 Å². The summed E-state index contributed by atoms with van der Waals surface area (Å²) in [4.78, 5) is 34.6. The summed E-state index contributed by atoms with van der Waals surface area (Å²) in [6.45, 7) is 4.67. The molecule has 0 spiro atoms. The molecule has 1 amide bonds. The number of hydrogen-bond acceptors (Lipinski definition) is 6. The molecule has 8 heteroatoms. The van der Waals surface area contributed by atoms with Gasteiger partial charge in [-0.3, -0.25) is 4.79 Å². The maximum absolute atomic E-state index is 14.4. The highest BCUT2D eigenvalue weighted by atomic mass is 19.1. The zero-order valence-corrected chi connectivity index (χ0v) is 18.8. The SMILES string of the molecule is CN(C)c1ncc(-c2cncnc2)c(C2CCN(C(=O)C(C)(C)c3ccccc3F)C2)n1. The van der Waals surface area contributed by atoms with Gasteiger partial charge in [-0.05, 0) is 26.3 Å². The molecule has 3 aromatic rings. The topological polar surface area (TPSA) is 75.1 Å². The summed E-state index contributed by atoms with van der Waals surface area (Å²) in [5, 5.41) is 0. The van der Waals surface area contributed by atoms with E-state index >= 15 is 0 Å². The van der Waals surface area contributed by atoms with E-state index in [0.717, 1.165) is 23.2 Å². The van der Waals surface area contributed by atoms with Crippen molar-refractivity contribution in [2.75, 3.05) is 32.1 Å². The van der Waals surface area contributed by atoms with Crippen molar-refractivity contribution in [2.24, 2.45) is 0 Å². The van der Waals surface area contributed by atoms with Crippen molar-refractivity contribution >= 4 is 11.9 Å². The molecule has 7 nitrogen and oxygen atoms in total. The van der Waals surface area contributed by atoms with E-state index in [4.69, 9.17) is 4.98 Å². The lowest BCUT2D eigenvalue weighted by atomic mass is 9.83. The van der Waals surface area contributed by atoms with Gasteiger partial charge in [-0.15, -0.1) is 0 Å². The summed E-state index contributed by atoms with van der Waals surface area (Å²) in [7, 11) is 3.79. The molecule has 1 aromatic carbocycles. The molecule has 32 heavy (non-hydrogen) atoms. The number of benzene rings is 1.